The number of carbonyl (C=O) groups is 2. The van der Waals surface area contributed by atoms with Gasteiger partial charge in [-0.25, -0.2) is 19.9 Å². The Morgan fingerprint density at radius 1 is 0.593 bits per heavy atom. The summed E-state index contributed by atoms with van der Waals surface area (Å²) in [7, 11) is 0. The molecule has 2 fully saturated rings. The molecule has 2 aliphatic rings. The van der Waals surface area contributed by atoms with Crippen molar-refractivity contribution in [1.29, 1.82) is 0 Å². The maximum Gasteiger partial charge on any atom is 0.311 e. The molecule has 4 aromatic rings. The highest BCUT2D eigenvalue weighted by Gasteiger charge is 2.30. The molecule has 0 spiro atoms. The van der Waals surface area contributed by atoms with Crippen molar-refractivity contribution in [2.75, 3.05) is 62.4 Å². The maximum atomic E-state index is 12.0. The van der Waals surface area contributed by atoms with Gasteiger partial charge in [0.15, 0.2) is 0 Å². The molecule has 54 heavy (non-hydrogen) atoms. The van der Waals surface area contributed by atoms with Crippen LogP contribution in [0, 0.1) is 27.7 Å². The minimum Gasteiger partial charge on any atom is -0.481 e. The van der Waals surface area contributed by atoms with Crippen molar-refractivity contribution in [3.63, 3.8) is 0 Å². The van der Waals surface area contributed by atoms with E-state index in [4.69, 9.17) is 19.4 Å². The van der Waals surface area contributed by atoms with Gasteiger partial charge in [-0.15, -0.1) is 0 Å². The van der Waals surface area contributed by atoms with Crippen LogP contribution in [0.5, 0.6) is 0 Å². The first kappa shape index (κ1) is 40.2. The van der Waals surface area contributed by atoms with Gasteiger partial charge < -0.3 is 29.5 Å². The molecule has 4 heterocycles. The second kappa shape index (κ2) is 18.9. The summed E-state index contributed by atoms with van der Waals surface area (Å²) >= 11 is 0. The summed E-state index contributed by atoms with van der Waals surface area (Å²) in [6.07, 6.45) is 2.70. The largest absolute Gasteiger partial charge is 0.481 e. The molecule has 2 aliphatic heterocycles. The first-order valence-corrected chi connectivity index (χ1v) is 19.0. The van der Waals surface area contributed by atoms with E-state index >= 15 is 0 Å². The van der Waals surface area contributed by atoms with E-state index in [2.05, 4.69) is 19.8 Å². The summed E-state index contributed by atoms with van der Waals surface area (Å²) in [5, 5.41) is 19.7. The van der Waals surface area contributed by atoms with Crippen molar-refractivity contribution in [1.82, 2.24) is 19.9 Å². The number of morpholine rings is 2. The third-order valence-electron chi connectivity index (χ3n) is 9.93. The molecule has 2 atom stereocenters. The Hall–Kier alpha value is -4.94. The number of hydrogen-bond acceptors (Lipinski definition) is 10. The predicted octanol–water partition coefficient (Wildman–Crippen LogP) is 7.13. The molecule has 0 saturated carbocycles. The van der Waals surface area contributed by atoms with Crippen LogP contribution < -0.4 is 9.80 Å². The Kier molecular flexibility index (Phi) is 14.1. The Balaban J connectivity index is 0.000000208. The number of benzene rings is 2. The van der Waals surface area contributed by atoms with Crippen LogP contribution in [0.4, 0.5) is 11.9 Å². The minimum absolute atomic E-state index is 0.565. The van der Waals surface area contributed by atoms with Gasteiger partial charge in [0.1, 0.15) is 0 Å². The minimum atomic E-state index is -0.823. The van der Waals surface area contributed by atoms with E-state index in [0.717, 1.165) is 95.2 Å². The summed E-state index contributed by atoms with van der Waals surface area (Å²) < 4.78 is 10.9. The fourth-order valence-corrected chi connectivity index (χ4v) is 7.00. The highest BCUT2D eigenvalue weighted by molar-refractivity contribution is 5.82. The third-order valence-corrected chi connectivity index (χ3v) is 9.93. The molecule has 0 amide bonds. The zero-order valence-electron chi connectivity index (χ0n) is 32.5. The molecule has 0 aliphatic carbocycles. The lowest BCUT2D eigenvalue weighted by molar-refractivity contribution is -0.140. The van der Waals surface area contributed by atoms with Crippen LogP contribution in [0.2, 0.25) is 0 Å². The number of carboxylic acids is 2. The van der Waals surface area contributed by atoms with Gasteiger partial charge in [-0.05, 0) is 40.5 Å². The lowest BCUT2D eigenvalue weighted by atomic mass is 9.89. The monoisotopic (exact) mass is 738 g/mol. The summed E-state index contributed by atoms with van der Waals surface area (Å²) in [4.78, 5) is 47.2. The first-order chi connectivity index (χ1) is 26.0. The molecule has 2 saturated heterocycles. The van der Waals surface area contributed by atoms with Gasteiger partial charge in [-0.3, -0.25) is 9.59 Å². The molecule has 288 valence electrons. The van der Waals surface area contributed by atoms with Crippen molar-refractivity contribution >= 4 is 23.8 Å². The van der Waals surface area contributed by atoms with E-state index in [9.17, 15) is 19.8 Å². The van der Waals surface area contributed by atoms with Crippen molar-refractivity contribution in [2.45, 2.75) is 79.1 Å². The third kappa shape index (κ3) is 9.78. The van der Waals surface area contributed by atoms with Gasteiger partial charge in [-0.2, -0.15) is 0 Å². The fourth-order valence-electron chi connectivity index (χ4n) is 7.00. The second-order valence-corrected chi connectivity index (χ2v) is 14.0. The number of carboxylic acid groups (broad SMARTS) is 2. The molecule has 12 nitrogen and oxygen atoms in total. The average Bonchev–Trinajstić information content (AvgIpc) is 3.17. The summed E-state index contributed by atoms with van der Waals surface area (Å²) in [6, 6.07) is 16.1. The SMILES string of the molecule is CCCC(C(=O)O)c1c(C)nc(N2CCOCC2)nc1-c1ccc(C)cc1.CCCC(C(=O)O)c1c(C)nc(N2CCOCC2)nc1-c1ccc(C)cc1. The Labute approximate surface area is 318 Å². The van der Waals surface area contributed by atoms with Crippen LogP contribution in [-0.4, -0.2) is 94.7 Å². The molecule has 0 bridgehead atoms. The normalized spacial score (nSPS) is 15.6. The van der Waals surface area contributed by atoms with Crippen LogP contribution in [0.25, 0.3) is 22.5 Å². The Bertz CT molecular complexity index is 1740. The second-order valence-electron chi connectivity index (χ2n) is 14.0. The Morgan fingerprint density at radius 2 is 0.926 bits per heavy atom. The number of aromatic nitrogens is 4. The highest BCUT2D eigenvalue weighted by Crippen LogP contribution is 2.36. The van der Waals surface area contributed by atoms with E-state index in [1.54, 1.807) is 0 Å². The number of ether oxygens (including phenoxy) is 2. The van der Waals surface area contributed by atoms with Gasteiger partial charge in [0.05, 0.1) is 49.7 Å². The van der Waals surface area contributed by atoms with Crippen molar-refractivity contribution in [3.8, 4) is 22.5 Å². The zero-order valence-corrected chi connectivity index (χ0v) is 32.5. The molecular formula is C42H54N6O6. The van der Waals surface area contributed by atoms with Crippen molar-refractivity contribution < 1.29 is 29.3 Å². The molecule has 0 radical (unpaired) electrons. The van der Waals surface area contributed by atoms with Crippen LogP contribution in [0.1, 0.15) is 85.0 Å². The topological polar surface area (TPSA) is 151 Å². The van der Waals surface area contributed by atoms with Crippen molar-refractivity contribution in [3.05, 3.63) is 82.2 Å². The number of nitrogens with zero attached hydrogens (tertiary/aromatic N) is 6. The van der Waals surface area contributed by atoms with Gasteiger partial charge in [0.25, 0.3) is 0 Å². The van der Waals surface area contributed by atoms with E-state index < -0.39 is 23.8 Å². The van der Waals surface area contributed by atoms with Gasteiger partial charge in [0, 0.05) is 59.8 Å². The molecular weight excluding hydrogens is 684 g/mol. The zero-order chi connectivity index (χ0) is 38.8. The molecule has 2 aromatic carbocycles. The van der Waals surface area contributed by atoms with Crippen LogP contribution in [0.15, 0.2) is 48.5 Å². The lowest BCUT2D eigenvalue weighted by Gasteiger charge is -2.28. The first-order valence-electron chi connectivity index (χ1n) is 19.0. The number of rotatable bonds is 12. The molecule has 2 N–H and O–H groups in total. The quantitative estimate of drug-likeness (QED) is 0.152. The van der Waals surface area contributed by atoms with Gasteiger partial charge >= 0.3 is 11.9 Å². The van der Waals surface area contributed by atoms with Gasteiger partial charge in [0.2, 0.25) is 11.9 Å². The standard InChI is InChI=1S/2C21H27N3O3/c2*1-4-5-17(20(25)26)18-15(3)22-21(24-10-12-27-13-11-24)23-19(18)16-8-6-14(2)7-9-16/h2*6-9,17H,4-5,10-13H2,1-3H3,(H,25,26). The number of aliphatic carboxylic acids is 2. The number of anilines is 2. The van der Waals surface area contributed by atoms with E-state index in [1.807, 2.05) is 90.1 Å². The average molecular weight is 739 g/mol. The summed E-state index contributed by atoms with van der Waals surface area (Å²) in [6.45, 7) is 17.4. The van der Waals surface area contributed by atoms with E-state index in [0.29, 0.717) is 51.2 Å². The number of hydrogen-bond donors (Lipinski definition) is 2. The molecule has 6 rings (SSSR count). The van der Waals surface area contributed by atoms with Gasteiger partial charge in [-0.1, -0.05) is 86.3 Å². The molecule has 2 unspecified atom stereocenters. The number of aryl methyl sites for hydroxylation is 4. The summed E-state index contributed by atoms with van der Waals surface area (Å²) in [5.41, 5.74) is 8.55. The fraction of sp³-hybridized carbons (Fsp3) is 0.476. The summed E-state index contributed by atoms with van der Waals surface area (Å²) in [5.74, 6) is -1.56. The molecule has 12 heteroatoms. The smallest absolute Gasteiger partial charge is 0.311 e. The Morgan fingerprint density at radius 3 is 1.22 bits per heavy atom. The highest BCUT2D eigenvalue weighted by atomic mass is 16.5. The lowest BCUT2D eigenvalue weighted by Crippen LogP contribution is -2.37. The molecule has 2 aromatic heterocycles. The maximum absolute atomic E-state index is 12.0. The predicted molar refractivity (Wildman–Crippen MR) is 211 cm³/mol. The van der Waals surface area contributed by atoms with Crippen LogP contribution >= 0.6 is 0 Å². The van der Waals surface area contributed by atoms with Crippen LogP contribution in [0.3, 0.4) is 0 Å². The van der Waals surface area contributed by atoms with E-state index in [-0.39, 0.29) is 0 Å². The van der Waals surface area contributed by atoms with Crippen molar-refractivity contribution in [2.24, 2.45) is 0 Å². The van der Waals surface area contributed by atoms with Crippen LogP contribution in [-0.2, 0) is 19.1 Å². The van der Waals surface area contributed by atoms with E-state index in [1.165, 1.54) is 0 Å².